The van der Waals surface area contributed by atoms with Crippen molar-refractivity contribution in [3.63, 3.8) is 0 Å². The van der Waals surface area contributed by atoms with Crippen LogP contribution in [0.3, 0.4) is 0 Å². The second-order valence-corrected chi connectivity index (χ2v) is 6.25. The number of ether oxygens (including phenoxy) is 1. The first-order chi connectivity index (χ1) is 12.4. The molecule has 2 aromatic carbocycles. The van der Waals surface area contributed by atoms with Gasteiger partial charge < -0.3 is 14.7 Å². The van der Waals surface area contributed by atoms with Crippen LogP contribution in [-0.2, 0) is 4.79 Å². The van der Waals surface area contributed by atoms with E-state index in [1.54, 1.807) is 11.0 Å². The Hall–Kier alpha value is -2.82. The molecule has 5 nitrogen and oxygen atoms in total. The van der Waals surface area contributed by atoms with Crippen molar-refractivity contribution in [3.05, 3.63) is 54.1 Å². The lowest BCUT2D eigenvalue weighted by Gasteiger charge is -2.26. The van der Waals surface area contributed by atoms with E-state index in [0.29, 0.717) is 12.2 Å². The molecule has 2 rings (SSSR count). The first-order valence-electron chi connectivity index (χ1n) is 8.79. The Morgan fingerprint density at radius 1 is 1.12 bits per heavy atom. The van der Waals surface area contributed by atoms with Crippen LogP contribution in [-0.4, -0.2) is 41.1 Å². The van der Waals surface area contributed by atoms with Gasteiger partial charge in [-0.2, -0.15) is 0 Å². The van der Waals surface area contributed by atoms with E-state index < -0.39 is 5.97 Å². The minimum Gasteiger partial charge on any atom is -0.493 e. The fraction of sp³-hybridized carbons (Fsp3) is 0.333. The molecular weight excluding hydrogens is 330 g/mol. The molecule has 0 spiro atoms. The van der Waals surface area contributed by atoms with E-state index in [2.05, 4.69) is 0 Å². The summed E-state index contributed by atoms with van der Waals surface area (Å²) < 4.78 is 5.68. The summed E-state index contributed by atoms with van der Waals surface area (Å²) in [5.74, 6) is -0.314. The van der Waals surface area contributed by atoms with E-state index in [9.17, 15) is 9.59 Å². The number of hydrogen-bond donors (Lipinski definition) is 1. The van der Waals surface area contributed by atoms with Gasteiger partial charge in [0.2, 0.25) is 0 Å². The Kier molecular flexibility index (Phi) is 6.78. The number of aliphatic carboxylic acids is 1. The molecule has 0 aliphatic rings. The predicted octanol–water partition coefficient (Wildman–Crippen LogP) is 4.08. The van der Waals surface area contributed by atoms with E-state index in [1.807, 2.05) is 63.2 Å². The zero-order valence-corrected chi connectivity index (χ0v) is 15.4. The molecule has 26 heavy (non-hydrogen) atoms. The summed E-state index contributed by atoms with van der Waals surface area (Å²) in [6.07, 6.45) is -0.0726. The molecule has 0 heterocycles. The highest BCUT2D eigenvalue weighted by Crippen LogP contribution is 2.30. The molecule has 0 aromatic heterocycles. The molecule has 5 heteroatoms. The Morgan fingerprint density at radius 2 is 1.85 bits per heavy atom. The highest BCUT2D eigenvalue weighted by Gasteiger charge is 2.20. The maximum absolute atomic E-state index is 12.9. The first-order valence-corrected chi connectivity index (χ1v) is 8.79. The van der Waals surface area contributed by atoms with Crippen LogP contribution in [0.25, 0.3) is 11.1 Å². The third-order valence-electron chi connectivity index (χ3n) is 4.06. The number of amides is 1. The van der Waals surface area contributed by atoms with Gasteiger partial charge in [0.1, 0.15) is 5.75 Å². The Bertz CT molecular complexity index is 770. The van der Waals surface area contributed by atoms with Crippen molar-refractivity contribution in [2.75, 3.05) is 13.2 Å². The van der Waals surface area contributed by atoms with Gasteiger partial charge in [-0.1, -0.05) is 30.3 Å². The standard InChI is InChI=1S/C21H25NO4/c1-4-26-19-11-6-5-10-18(19)16-8-7-9-17(14-16)21(25)22(15(2)3)13-12-20(23)24/h5-11,14-15H,4,12-13H2,1-3H3,(H,23,24). The van der Waals surface area contributed by atoms with Gasteiger partial charge in [0.25, 0.3) is 5.91 Å². The number of carboxylic acid groups (broad SMARTS) is 1. The average Bonchev–Trinajstić information content (AvgIpc) is 2.62. The number of carboxylic acids is 1. The SMILES string of the molecule is CCOc1ccccc1-c1cccc(C(=O)N(CCC(=O)O)C(C)C)c1. The van der Waals surface area contributed by atoms with Gasteiger partial charge in [-0.25, -0.2) is 0 Å². The van der Waals surface area contributed by atoms with Gasteiger partial charge in [-0.15, -0.1) is 0 Å². The maximum Gasteiger partial charge on any atom is 0.305 e. The van der Waals surface area contributed by atoms with Crippen molar-refractivity contribution in [2.45, 2.75) is 33.2 Å². The summed E-state index contributed by atoms with van der Waals surface area (Å²) in [6, 6.07) is 15.0. The fourth-order valence-corrected chi connectivity index (χ4v) is 2.78. The van der Waals surface area contributed by atoms with E-state index in [4.69, 9.17) is 9.84 Å². The summed E-state index contributed by atoms with van der Waals surface area (Å²) >= 11 is 0. The van der Waals surface area contributed by atoms with E-state index in [1.165, 1.54) is 0 Å². The van der Waals surface area contributed by atoms with Gasteiger partial charge in [-0.3, -0.25) is 9.59 Å². The lowest BCUT2D eigenvalue weighted by atomic mass is 10.0. The third-order valence-corrected chi connectivity index (χ3v) is 4.06. The minimum absolute atomic E-state index is 0.0726. The van der Waals surface area contributed by atoms with Crippen LogP contribution in [0.2, 0.25) is 0 Å². The van der Waals surface area contributed by atoms with Crippen LogP contribution in [0, 0.1) is 0 Å². The van der Waals surface area contributed by atoms with Crippen LogP contribution in [0.4, 0.5) is 0 Å². The highest BCUT2D eigenvalue weighted by molar-refractivity contribution is 5.96. The zero-order chi connectivity index (χ0) is 19.1. The smallest absolute Gasteiger partial charge is 0.305 e. The number of carbonyl (C=O) groups is 2. The molecule has 2 aromatic rings. The Morgan fingerprint density at radius 3 is 2.50 bits per heavy atom. The van der Waals surface area contributed by atoms with E-state index >= 15 is 0 Å². The second kappa shape index (κ2) is 9.04. The normalized spacial score (nSPS) is 10.6. The molecule has 138 valence electrons. The number of para-hydroxylation sites is 1. The van der Waals surface area contributed by atoms with Gasteiger partial charge in [0, 0.05) is 23.7 Å². The topological polar surface area (TPSA) is 66.8 Å². The summed E-state index contributed by atoms with van der Waals surface area (Å²) in [6.45, 7) is 6.44. The van der Waals surface area contributed by atoms with Gasteiger partial charge in [0.15, 0.2) is 0 Å². The molecular formula is C21H25NO4. The van der Waals surface area contributed by atoms with Gasteiger partial charge in [0.05, 0.1) is 13.0 Å². The number of rotatable bonds is 8. The molecule has 0 unspecified atom stereocenters. The predicted molar refractivity (Wildman–Crippen MR) is 101 cm³/mol. The Balaban J connectivity index is 2.33. The zero-order valence-electron chi connectivity index (χ0n) is 15.4. The molecule has 0 saturated carbocycles. The van der Waals surface area contributed by atoms with Crippen LogP contribution >= 0.6 is 0 Å². The molecule has 0 radical (unpaired) electrons. The molecule has 0 fully saturated rings. The number of benzene rings is 2. The van der Waals surface area contributed by atoms with Gasteiger partial charge >= 0.3 is 5.97 Å². The number of nitrogens with zero attached hydrogens (tertiary/aromatic N) is 1. The molecule has 0 atom stereocenters. The van der Waals surface area contributed by atoms with Crippen molar-refractivity contribution in [3.8, 4) is 16.9 Å². The van der Waals surface area contributed by atoms with Crippen molar-refractivity contribution in [1.29, 1.82) is 0 Å². The lowest BCUT2D eigenvalue weighted by Crippen LogP contribution is -2.38. The van der Waals surface area contributed by atoms with Crippen LogP contribution < -0.4 is 4.74 Å². The van der Waals surface area contributed by atoms with Crippen molar-refractivity contribution in [1.82, 2.24) is 4.90 Å². The molecule has 1 amide bonds. The van der Waals surface area contributed by atoms with Crippen LogP contribution in [0.5, 0.6) is 5.75 Å². The monoisotopic (exact) mass is 355 g/mol. The number of hydrogen-bond acceptors (Lipinski definition) is 3. The quantitative estimate of drug-likeness (QED) is 0.775. The summed E-state index contributed by atoms with van der Waals surface area (Å²) in [5, 5.41) is 8.92. The molecule has 0 aliphatic heterocycles. The third kappa shape index (κ3) is 4.85. The van der Waals surface area contributed by atoms with Crippen molar-refractivity contribution in [2.24, 2.45) is 0 Å². The molecule has 0 saturated heterocycles. The second-order valence-electron chi connectivity index (χ2n) is 6.25. The maximum atomic E-state index is 12.9. The molecule has 0 aliphatic carbocycles. The van der Waals surface area contributed by atoms with Crippen LogP contribution in [0.1, 0.15) is 37.6 Å². The van der Waals surface area contributed by atoms with E-state index in [0.717, 1.165) is 16.9 Å². The minimum atomic E-state index is -0.914. The lowest BCUT2D eigenvalue weighted by molar-refractivity contribution is -0.137. The summed E-state index contributed by atoms with van der Waals surface area (Å²) in [7, 11) is 0. The highest BCUT2D eigenvalue weighted by atomic mass is 16.5. The number of carbonyl (C=O) groups excluding carboxylic acids is 1. The fourth-order valence-electron chi connectivity index (χ4n) is 2.78. The first kappa shape index (κ1) is 19.5. The summed E-state index contributed by atoms with van der Waals surface area (Å²) in [5.41, 5.74) is 2.35. The summed E-state index contributed by atoms with van der Waals surface area (Å²) in [4.78, 5) is 25.4. The van der Waals surface area contributed by atoms with Crippen molar-refractivity contribution < 1.29 is 19.4 Å². The Labute approximate surface area is 154 Å². The molecule has 0 bridgehead atoms. The van der Waals surface area contributed by atoms with Gasteiger partial charge in [-0.05, 0) is 44.5 Å². The average molecular weight is 355 g/mol. The van der Waals surface area contributed by atoms with E-state index in [-0.39, 0.29) is 24.9 Å². The van der Waals surface area contributed by atoms with Crippen LogP contribution in [0.15, 0.2) is 48.5 Å². The molecule has 1 N–H and O–H groups in total. The van der Waals surface area contributed by atoms with Crippen molar-refractivity contribution >= 4 is 11.9 Å². The largest absolute Gasteiger partial charge is 0.493 e.